The second-order valence-electron chi connectivity index (χ2n) is 26.9. The summed E-state index contributed by atoms with van der Waals surface area (Å²) in [6, 6.07) is 77.3. The molecular formula is C82H76BN3OS2. The van der Waals surface area contributed by atoms with Crippen LogP contribution in [0.25, 0.3) is 74.5 Å². The van der Waals surface area contributed by atoms with Gasteiger partial charge in [0.15, 0.2) is 5.58 Å². The number of unbranched alkanes of at least 4 members (excludes halogenated alkanes) is 3. The smallest absolute Gasteiger partial charge is 0.343 e. The molecule has 0 N–H and O–H groups in total. The van der Waals surface area contributed by atoms with Crippen molar-refractivity contribution in [3.05, 3.63) is 228 Å². The van der Waals surface area contributed by atoms with Gasteiger partial charge in [0.2, 0.25) is 0 Å². The standard InChI is InChI=1S/C82H76BN3OS2/c1-8-11-22-52-31-36-57(37-32-52)84(56-27-18-15-19-28-56)59-40-41-61-64-47-63-65-48-66-60-29-20-21-30-72(60)87-79(66)78-76(65)83(86(71(63)51-75(64)88-73(61)46-59)58-38-33-53(34-39-58)23-12-9-2)80-77(67-49-68-69(50-74(67)89-80)82(6,7)44-43-81(68,4)5)85(78)70-42-35-54(24-13-10-3)45-62(70)55-25-16-14-17-26-55/h14-21,25-42,45-51H,8-13,22-24,43-44H2,1-7H3. The van der Waals surface area contributed by atoms with E-state index in [1.807, 2.05) is 22.7 Å². The van der Waals surface area contributed by atoms with E-state index < -0.39 is 0 Å². The van der Waals surface area contributed by atoms with Crippen LogP contribution in [0.1, 0.15) is 128 Å². The normalized spacial score (nSPS) is 14.7. The highest BCUT2D eigenvalue weighted by Gasteiger charge is 2.50. The third-order valence-corrected chi connectivity index (χ3v) is 22.5. The topological polar surface area (TPSA) is 22.9 Å². The van der Waals surface area contributed by atoms with E-state index >= 15 is 0 Å². The Bertz CT molecular complexity index is 4880. The molecule has 10 aromatic carbocycles. The fourth-order valence-corrected chi connectivity index (χ4v) is 17.7. The van der Waals surface area contributed by atoms with Crippen LogP contribution in [0.15, 0.2) is 205 Å². The van der Waals surface area contributed by atoms with Gasteiger partial charge in [-0.2, -0.15) is 0 Å². The molecule has 1 aliphatic carbocycles. The summed E-state index contributed by atoms with van der Waals surface area (Å²) in [6.07, 6.45) is 12.5. The second kappa shape index (κ2) is 22.0. The molecule has 4 nitrogen and oxygen atoms in total. The lowest BCUT2D eigenvalue weighted by molar-refractivity contribution is 0.332. The molecule has 0 bridgehead atoms. The first-order valence-corrected chi connectivity index (χ1v) is 34.5. The number of hydrogen-bond acceptors (Lipinski definition) is 6. The predicted molar refractivity (Wildman–Crippen MR) is 387 cm³/mol. The molecule has 13 aromatic rings. The highest BCUT2D eigenvalue weighted by atomic mass is 32.1. The van der Waals surface area contributed by atoms with Crippen LogP contribution in [0.4, 0.5) is 45.5 Å². The van der Waals surface area contributed by atoms with Crippen LogP contribution >= 0.6 is 22.7 Å². The molecule has 0 atom stereocenters. The number of fused-ring (bicyclic) bond motifs is 14. The van der Waals surface area contributed by atoms with Gasteiger partial charge in [0, 0.05) is 85.4 Å². The van der Waals surface area contributed by atoms with Gasteiger partial charge in [-0.25, -0.2) is 0 Å². The van der Waals surface area contributed by atoms with E-state index in [4.69, 9.17) is 4.42 Å². The fraction of sp³-hybridized carbons (Fsp3) is 0.244. The van der Waals surface area contributed by atoms with Gasteiger partial charge in [0.05, 0.1) is 17.1 Å². The Kier molecular flexibility index (Phi) is 13.8. The Morgan fingerprint density at radius 1 is 0.461 bits per heavy atom. The molecule has 3 aliphatic rings. The predicted octanol–water partition coefficient (Wildman–Crippen LogP) is 23.4. The SMILES string of the molecule is CCCCc1ccc(N2B3c4sc5cc6c(cc5c4N(c4ccc(CCCC)cc4-c4ccccc4)c4c3c(cc3c4oc4ccccc43)-c3cc4c(cc32)sc2cc(N(c3ccccc3)c3ccc(CCCC)cc3)ccc24)C(C)(C)CCC6(C)C)cc1. The number of hydrogen-bond donors (Lipinski definition) is 0. The van der Waals surface area contributed by atoms with Crippen molar-refractivity contribution in [1.82, 2.24) is 0 Å². The number of anilines is 8. The number of para-hydroxylation sites is 2. The average Bonchev–Trinajstić information content (AvgIpc) is 1.67. The van der Waals surface area contributed by atoms with Crippen molar-refractivity contribution in [2.75, 3.05) is 14.6 Å². The minimum atomic E-state index is -0.191. The number of furan rings is 1. The lowest BCUT2D eigenvalue weighted by atomic mass is 9.46. The zero-order valence-electron chi connectivity index (χ0n) is 52.5. The van der Waals surface area contributed by atoms with Gasteiger partial charge in [0.25, 0.3) is 0 Å². The molecule has 0 amide bonds. The van der Waals surface area contributed by atoms with Crippen molar-refractivity contribution in [3.63, 3.8) is 0 Å². The summed E-state index contributed by atoms with van der Waals surface area (Å²) in [6.45, 7) is 16.6. The maximum Gasteiger partial charge on any atom is 0.343 e. The number of nitrogens with zero attached hydrogens (tertiary/aromatic N) is 3. The quantitative estimate of drug-likeness (QED) is 0.0954. The van der Waals surface area contributed by atoms with Crippen LogP contribution in [0, 0.1) is 0 Å². The van der Waals surface area contributed by atoms with Crippen LogP contribution in [0.5, 0.6) is 0 Å². The van der Waals surface area contributed by atoms with Gasteiger partial charge in [-0.1, -0.05) is 171 Å². The van der Waals surface area contributed by atoms with E-state index in [1.165, 1.54) is 139 Å². The largest absolute Gasteiger partial charge is 0.454 e. The Morgan fingerprint density at radius 3 is 1.78 bits per heavy atom. The molecule has 440 valence electrons. The van der Waals surface area contributed by atoms with Crippen LogP contribution < -0.4 is 24.9 Å². The third kappa shape index (κ3) is 9.27. The van der Waals surface area contributed by atoms with Crippen molar-refractivity contribution in [2.24, 2.45) is 0 Å². The van der Waals surface area contributed by atoms with E-state index in [9.17, 15) is 0 Å². The highest BCUT2D eigenvalue weighted by molar-refractivity contribution is 7.32. The molecule has 0 fully saturated rings. The number of thiophene rings is 2. The molecule has 89 heavy (non-hydrogen) atoms. The van der Waals surface area contributed by atoms with Gasteiger partial charge in [-0.3, -0.25) is 0 Å². The summed E-state index contributed by atoms with van der Waals surface area (Å²) >= 11 is 3.94. The van der Waals surface area contributed by atoms with E-state index in [2.05, 4.69) is 263 Å². The maximum atomic E-state index is 7.51. The molecule has 7 heteroatoms. The molecule has 0 radical (unpaired) electrons. The number of aryl methyl sites for hydroxylation is 3. The van der Waals surface area contributed by atoms with E-state index in [1.54, 1.807) is 0 Å². The van der Waals surface area contributed by atoms with E-state index in [-0.39, 0.29) is 17.7 Å². The average molecular weight is 1190 g/mol. The van der Waals surface area contributed by atoms with Crippen LogP contribution in [-0.4, -0.2) is 6.85 Å². The van der Waals surface area contributed by atoms with Crippen LogP contribution in [0.2, 0.25) is 0 Å². The molecule has 3 aromatic heterocycles. The van der Waals surface area contributed by atoms with Gasteiger partial charge in [-0.05, 0) is 204 Å². The maximum absolute atomic E-state index is 7.51. The molecule has 0 saturated heterocycles. The first-order chi connectivity index (χ1) is 43.5. The van der Waals surface area contributed by atoms with Crippen molar-refractivity contribution < 1.29 is 4.42 Å². The Morgan fingerprint density at radius 2 is 1.06 bits per heavy atom. The highest BCUT2D eigenvalue weighted by Crippen LogP contribution is 2.57. The Labute approximate surface area is 533 Å². The Balaban J connectivity index is 1.01. The molecule has 0 spiro atoms. The lowest BCUT2D eigenvalue weighted by Crippen LogP contribution is -2.60. The minimum absolute atomic E-state index is 0.00558. The molecule has 16 rings (SSSR count). The zero-order chi connectivity index (χ0) is 60.3. The monoisotopic (exact) mass is 1190 g/mol. The second-order valence-corrected chi connectivity index (χ2v) is 29.1. The molecule has 2 aliphatic heterocycles. The van der Waals surface area contributed by atoms with Gasteiger partial charge >= 0.3 is 6.85 Å². The van der Waals surface area contributed by atoms with Gasteiger partial charge < -0.3 is 19.0 Å². The summed E-state index contributed by atoms with van der Waals surface area (Å²) in [4.78, 5) is 7.89. The summed E-state index contributed by atoms with van der Waals surface area (Å²) in [5.74, 6) is 0. The van der Waals surface area contributed by atoms with E-state index in [0.717, 1.165) is 89.6 Å². The van der Waals surface area contributed by atoms with Crippen molar-refractivity contribution in [3.8, 4) is 22.3 Å². The van der Waals surface area contributed by atoms with Crippen molar-refractivity contribution in [1.29, 1.82) is 0 Å². The first kappa shape index (κ1) is 55.9. The summed E-state index contributed by atoms with van der Waals surface area (Å²) < 4.78 is 12.8. The number of benzene rings is 10. The van der Waals surface area contributed by atoms with Gasteiger partial charge in [0.1, 0.15) is 5.58 Å². The molecular weight excluding hydrogens is 1120 g/mol. The van der Waals surface area contributed by atoms with Crippen molar-refractivity contribution >= 4 is 137 Å². The van der Waals surface area contributed by atoms with E-state index in [0.29, 0.717) is 0 Å². The van der Waals surface area contributed by atoms with Crippen LogP contribution in [0.3, 0.4) is 0 Å². The molecule has 0 saturated carbocycles. The van der Waals surface area contributed by atoms with Crippen LogP contribution in [-0.2, 0) is 30.1 Å². The summed E-state index contributed by atoms with van der Waals surface area (Å²) in [5.41, 5.74) is 24.7. The van der Waals surface area contributed by atoms with Gasteiger partial charge in [-0.15, -0.1) is 22.7 Å². The first-order valence-electron chi connectivity index (χ1n) is 32.9. The molecule has 0 unspecified atom stereocenters. The third-order valence-electron chi connectivity index (χ3n) is 20.2. The minimum Gasteiger partial charge on any atom is -0.454 e. The summed E-state index contributed by atoms with van der Waals surface area (Å²) in [5, 5.41) is 6.14. The Hall–Kier alpha value is -8.36. The summed E-state index contributed by atoms with van der Waals surface area (Å²) in [7, 11) is 0. The lowest BCUT2D eigenvalue weighted by Gasteiger charge is -2.45. The fourth-order valence-electron chi connectivity index (χ4n) is 15.3. The van der Waals surface area contributed by atoms with Crippen molar-refractivity contribution in [2.45, 2.75) is 130 Å². The zero-order valence-corrected chi connectivity index (χ0v) is 54.1. The number of rotatable bonds is 15. The molecule has 5 heterocycles.